The number of nitriles is 1. The third-order valence-electron chi connectivity index (χ3n) is 4.99. The lowest BCUT2D eigenvalue weighted by Crippen LogP contribution is -2.46. The van der Waals surface area contributed by atoms with E-state index in [4.69, 9.17) is 15.7 Å². The molecule has 1 aliphatic heterocycles. The number of nitrogens with two attached hydrogens (primary N) is 1. The fourth-order valence-electron chi connectivity index (χ4n) is 3.58. The lowest BCUT2D eigenvalue weighted by Gasteiger charge is -2.39. The molecule has 0 bridgehead atoms. The minimum atomic E-state index is -1.16. The van der Waals surface area contributed by atoms with Crippen molar-refractivity contribution in [2.75, 3.05) is 7.11 Å². The number of hydrogen-bond donors (Lipinski definition) is 1. The maximum atomic E-state index is 14.8. The van der Waals surface area contributed by atoms with Gasteiger partial charge in [-0.05, 0) is 49.8 Å². The molecule has 31 heavy (non-hydrogen) atoms. The van der Waals surface area contributed by atoms with Crippen molar-refractivity contribution in [1.82, 2.24) is 4.98 Å². The van der Waals surface area contributed by atoms with Gasteiger partial charge in [-0.15, -0.1) is 0 Å². The number of aliphatic imine (C=N–C) groups is 1. The third-order valence-corrected chi connectivity index (χ3v) is 6.05. The summed E-state index contributed by atoms with van der Waals surface area (Å²) in [7, 11) is 1.28. The SMILES string of the molecule is COC(=O)[C@@]1(C)C[C@](C)(c2cc(/C=C(\F)c3ccc(C#N)cn3)ccc2F)N=C(N)S1. The van der Waals surface area contributed by atoms with Gasteiger partial charge in [-0.1, -0.05) is 17.8 Å². The van der Waals surface area contributed by atoms with Gasteiger partial charge in [0.05, 0.1) is 23.9 Å². The van der Waals surface area contributed by atoms with Crippen molar-refractivity contribution in [1.29, 1.82) is 5.26 Å². The van der Waals surface area contributed by atoms with Gasteiger partial charge in [0.1, 0.15) is 22.5 Å². The minimum Gasteiger partial charge on any atom is -0.468 e. The number of thioether (sulfide) groups is 1. The zero-order chi connectivity index (χ0) is 22.8. The fraction of sp³-hybridized carbons (Fsp3) is 0.273. The number of methoxy groups -OCH3 is 1. The maximum Gasteiger partial charge on any atom is 0.322 e. The Balaban J connectivity index is 2.01. The van der Waals surface area contributed by atoms with Crippen molar-refractivity contribution in [3.8, 4) is 6.07 Å². The molecule has 1 aromatic heterocycles. The standard InChI is InChI=1S/C22H20F2N4O2S/c1-21(12-22(2,19(29)30-3)31-20(26)28-21)15-8-13(4-6-16(15)23)9-17(24)18-7-5-14(10-25)11-27-18/h4-9,11H,12H2,1-3H3,(H2,26,28)/b17-9-/t21-,22-/m1/s1. The molecule has 0 saturated heterocycles. The average Bonchev–Trinajstić information content (AvgIpc) is 2.73. The molecule has 2 atom stereocenters. The van der Waals surface area contributed by atoms with E-state index in [1.54, 1.807) is 13.8 Å². The molecule has 0 saturated carbocycles. The number of pyridine rings is 1. The molecular formula is C22H20F2N4O2S. The lowest BCUT2D eigenvalue weighted by atomic mass is 9.82. The molecule has 0 aliphatic carbocycles. The van der Waals surface area contributed by atoms with Crippen LogP contribution in [0.4, 0.5) is 8.78 Å². The predicted molar refractivity (Wildman–Crippen MR) is 116 cm³/mol. The molecule has 9 heteroatoms. The molecular weight excluding hydrogens is 422 g/mol. The van der Waals surface area contributed by atoms with Crippen molar-refractivity contribution < 1.29 is 18.3 Å². The van der Waals surface area contributed by atoms with Crippen LogP contribution in [0.2, 0.25) is 0 Å². The molecule has 1 aliphatic rings. The van der Waals surface area contributed by atoms with Crippen molar-refractivity contribution in [3.05, 3.63) is 64.7 Å². The van der Waals surface area contributed by atoms with Crippen molar-refractivity contribution in [2.45, 2.75) is 30.6 Å². The Morgan fingerprint density at radius 2 is 2.10 bits per heavy atom. The van der Waals surface area contributed by atoms with E-state index in [2.05, 4.69) is 9.98 Å². The van der Waals surface area contributed by atoms with Crippen LogP contribution < -0.4 is 5.73 Å². The van der Waals surface area contributed by atoms with Crippen LogP contribution in [-0.4, -0.2) is 28.0 Å². The summed E-state index contributed by atoms with van der Waals surface area (Å²) in [5.74, 6) is -1.68. The molecule has 0 amide bonds. The van der Waals surface area contributed by atoms with Crippen molar-refractivity contribution in [3.63, 3.8) is 0 Å². The van der Waals surface area contributed by atoms with Crippen LogP contribution >= 0.6 is 11.8 Å². The Hall–Kier alpha value is -3.25. The molecule has 0 unspecified atom stereocenters. The Kier molecular flexibility index (Phi) is 6.13. The van der Waals surface area contributed by atoms with Gasteiger partial charge in [0.25, 0.3) is 0 Å². The summed E-state index contributed by atoms with van der Waals surface area (Å²) < 4.78 is 33.3. The second-order valence-electron chi connectivity index (χ2n) is 7.50. The van der Waals surface area contributed by atoms with E-state index in [0.717, 1.165) is 11.8 Å². The first-order chi connectivity index (χ1) is 14.6. The van der Waals surface area contributed by atoms with E-state index < -0.39 is 27.9 Å². The molecule has 2 N–H and O–H groups in total. The average molecular weight is 442 g/mol. The Morgan fingerprint density at radius 1 is 1.35 bits per heavy atom. The lowest BCUT2D eigenvalue weighted by molar-refractivity contribution is -0.143. The number of benzene rings is 1. The van der Waals surface area contributed by atoms with Crippen LogP contribution in [0.25, 0.3) is 11.9 Å². The Bertz CT molecular complexity index is 1130. The van der Waals surface area contributed by atoms with Gasteiger partial charge in [-0.2, -0.15) is 5.26 Å². The van der Waals surface area contributed by atoms with Gasteiger partial charge in [0, 0.05) is 18.2 Å². The highest BCUT2D eigenvalue weighted by Gasteiger charge is 2.48. The molecule has 0 spiro atoms. The predicted octanol–water partition coefficient (Wildman–Crippen LogP) is 4.16. The second-order valence-corrected chi connectivity index (χ2v) is 9.02. The smallest absolute Gasteiger partial charge is 0.322 e. The number of amidine groups is 1. The number of ether oxygens (including phenoxy) is 1. The van der Waals surface area contributed by atoms with Crippen LogP contribution in [0, 0.1) is 17.1 Å². The minimum absolute atomic E-state index is 0.0469. The van der Waals surface area contributed by atoms with E-state index >= 15 is 0 Å². The van der Waals surface area contributed by atoms with E-state index in [0.29, 0.717) is 11.1 Å². The molecule has 2 aromatic rings. The first-order valence-corrected chi connectivity index (χ1v) is 10.1. The quantitative estimate of drug-likeness (QED) is 0.714. The van der Waals surface area contributed by atoms with Gasteiger partial charge in [-0.25, -0.2) is 8.78 Å². The summed E-state index contributed by atoms with van der Waals surface area (Å²) in [5, 5.41) is 8.96. The molecule has 0 radical (unpaired) electrons. The van der Waals surface area contributed by atoms with Crippen LogP contribution in [0.3, 0.4) is 0 Å². The van der Waals surface area contributed by atoms with Crippen LogP contribution in [0.15, 0.2) is 41.5 Å². The van der Waals surface area contributed by atoms with Gasteiger partial charge in [-0.3, -0.25) is 14.8 Å². The number of carbonyl (C=O) groups excluding carboxylic acids is 1. The van der Waals surface area contributed by atoms with Gasteiger partial charge in [0.2, 0.25) is 0 Å². The molecule has 160 valence electrons. The molecule has 3 rings (SSSR count). The first-order valence-electron chi connectivity index (χ1n) is 9.27. The highest BCUT2D eigenvalue weighted by molar-refractivity contribution is 8.15. The van der Waals surface area contributed by atoms with Crippen LogP contribution in [0.5, 0.6) is 0 Å². The van der Waals surface area contributed by atoms with Gasteiger partial charge in [0.15, 0.2) is 5.17 Å². The number of esters is 1. The molecule has 0 fully saturated rings. The van der Waals surface area contributed by atoms with Gasteiger partial charge >= 0.3 is 5.97 Å². The largest absolute Gasteiger partial charge is 0.468 e. The summed E-state index contributed by atoms with van der Waals surface area (Å²) in [6.07, 6.45) is 2.62. The van der Waals surface area contributed by atoms with E-state index in [-0.39, 0.29) is 22.8 Å². The number of halogens is 2. The summed E-state index contributed by atoms with van der Waals surface area (Å²) in [6.45, 7) is 3.34. The zero-order valence-electron chi connectivity index (χ0n) is 17.1. The van der Waals surface area contributed by atoms with Crippen LogP contribution in [-0.2, 0) is 15.1 Å². The third kappa shape index (κ3) is 4.59. The number of hydrogen-bond acceptors (Lipinski definition) is 7. The van der Waals surface area contributed by atoms with Crippen molar-refractivity contribution in [2.24, 2.45) is 10.7 Å². The Morgan fingerprint density at radius 3 is 2.71 bits per heavy atom. The van der Waals surface area contributed by atoms with Crippen molar-refractivity contribution >= 4 is 34.8 Å². The number of nitrogens with zero attached hydrogens (tertiary/aromatic N) is 3. The number of rotatable bonds is 4. The normalized spacial score (nSPS) is 23.6. The number of aromatic nitrogens is 1. The molecule has 6 nitrogen and oxygen atoms in total. The van der Waals surface area contributed by atoms with E-state index in [9.17, 15) is 13.6 Å². The van der Waals surface area contributed by atoms with E-state index in [1.807, 2.05) is 6.07 Å². The summed E-state index contributed by atoms with van der Waals surface area (Å²) in [4.78, 5) is 20.6. The molecule has 1 aromatic carbocycles. The topological polar surface area (TPSA) is 101 Å². The highest BCUT2D eigenvalue weighted by atomic mass is 32.2. The Labute approximate surface area is 182 Å². The summed E-state index contributed by atoms with van der Waals surface area (Å²) in [5.41, 5.74) is 5.73. The zero-order valence-corrected chi connectivity index (χ0v) is 18.0. The maximum absolute atomic E-state index is 14.8. The molecule has 2 heterocycles. The summed E-state index contributed by atoms with van der Waals surface area (Å²) in [6, 6.07) is 8.88. The number of carbonyl (C=O) groups is 1. The fourth-order valence-corrected chi connectivity index (χ4v) is 4.81. The van der Waals surface area contributed by atoms with Gasteiger partial charge < -0.3 is 10.5 Å². The summed E-state index contributed by atoms with van der Waals surface area (Å²) >= 11 is 1.07. The first kappa shape index (κ1) is 22.4. The second kappa shape index (κ2) is 8.47. The van der Waals surface area contributed by atoms with Crippen LogP contribution in [0.1, 0.15) is 42.7 Å². The monoisotopic (exact) mass is 442 g/mol. The highest BCUT2D eigenvalue weighted by Crippen LogP contribution is 2.46. The van der Waals surface area contributed by atoms with E-state index in [1.165, 1.54) is 49.7 Å².